The van der Waals surface area contributed by atoms with Crippen molar-refractivity contribution in [3.63, 3.8) is 0 Å². The van der Waals surface area contributed by atoms with Gasteiger partial charge in [-0.05, 0) is 42.5 Å². The van der Waals surface area contributed by atoms with Crippen LogP contribution in [-0.2, 0) is 9.59 Å². The van der Waals surface area contributed by atoms with Crippen molar-refractivity contribution < 1.29 is 39.2 Å². The number of urea groups is 1. The van der Waals surface area contributed by atoms with Crippen LogP contribution in [0.25, 0.3) is 20.8 Å². The number of hydrogen-bond donors (Lipinski definition) is 4. The van der Waals surface area contributed by atoms with Crippen LogP contribution in [0.2, 0.25) is 0 Å². The molecule has 0 aliphatic carbocycles. The number of nitrogens with zero attached hydrogens (tertiary/aromatic N) is 5. The third kappa shape index (κ3) is 9.01. The Kier molecular flexibility index (Phi) is 10.7. The third-order valence-electron chi connectivity index (χ3n) is 7.00. The number of amides is 3. The van der Waals surface area contributed by atoms with Crippen molar-refractivity contribution in [1.82, 2.24) is 24.6 Å². The maximum Gasteiger partial charge on any atom is 0.407 e. The molecule has 1 aliphatic heterocycles. The second kappa shape index (κ2) is 14.6. The molecule has 2 aromatic carbocycles. The first-order chi connectivity index (χ1) is 20.6. The highest BCUT2D eigenvalue weighted by atomic mass is 32.1. The van der Waals surface area contributed by atoms with Gasteiger partial charge in [0, 0.05) is 63.6 Å². The third-order valence-corrected chi connectivity index (χ3v) is 8.07. The number of methoxy groups -OCH3 is 1. The number of carbonyl (C=O) groups is 4. The highest BCUT2D eigenvalue weighted by molar-refractivity contribution is 7.21. The number of carboxylic acids is 2. The van der Waals surface area contributed by atoms with Gasteiger partial charge >= 0.3 is 24.1 Å². The molecule has 3 aromatic rings. The average Bonchev–Trinajstić information content (AvgIpc) is 3.39. The molecule has 15 heteroatoms. The van der Waals surface area contributed by atoms with E-state index in [1.807, 2.05) is 30.3 Å². The van der Waals surface area contributed by atoms with Crippen molar-refractivity contribution in [3.8, 4) is 16.3 Å². The molecule has 0 atom stereocenters. The second-order valence-corrected chi connectivity index (χ2v) is 11.0. The Morgan fingerprint density at radius 3 is 1.95 bits per heavy atom. The largest absolute Gasteiger partial charge is 0.497 e. The number of rotatable bonds is 7. The monoisotopic (exact) mass is 614 g/mol. The number of carboxylic acid groups (broad SMARTS) is 3. The first-order valence-electron chi connectivity index (χ1n) is 13.6. The number of anilines is 1. The van der Waals surface area contributed by atoms with Crippen LogP contribution < -0.4 is 10.1 Å². The molecule has 0 bridgehead atoms. The topological polar surface area (TPSA) is 176 Å². The minimum Gasteiger partial charge on any atom is -0.497 e. The van der Waals surface area contributed by atoms with Gasteiger partial charge in [0.1, 0.15) is 10.8 Å². The first-order valence-corrected chi connectivity index (χ1v) is 14.4. The van der Waals surface area contributed by atoms with Crippen molar-refractivity contribution in [2.24, 2.45) is 0 Å². The zero-order chi connectivity index (χ0) is 30.9. The standard InChI is InChI=1S/C28H34N6O8S/c1-42-21-6-7-22-23(16-21)43-26(30-22)19-2-4-20(5-3-19)29-27(39)33-12-10-31(17-24(35)36)8-9-32(18-25(37)38)11-13-34(15-14-33)28(40)41/h2-7,16H,8-15,17-18H2,1H3,(H,29,39)(H,35,36)(H,37,38)(H,40,41). The van der Waals surface area contributed by atoms with Crippen LogP contribution in [0.4, 0.5) is 15.3 Å². The maximum absolute atomic E-state index is 13.3. The zero-order valence-electron chi connectivity index (χ0n) is 23.6. The number of fused-ring (bicyclic) bond motifs is 1. The van der Waals surface area contributed by atoms with Crippen molar-refractivity contribution in [3.05, 3.63) is 42.5 Å². The first kappa shape index (κ1) is 31.5. The Morgan fingerprint density at radius 1 is 0.814 bits per heavy atom. The van der Waals surface area contributed by atoms with E-state index in [1.54, 1.807) is 29.0 Å². The molecule has 1 aromatic heterocycles. The van der Waals surface area contributed by atoms with Crippen LogP contribution in [0.1, 0.15) is 0 Å². The van der Waals surface area contributed by atoms with Crippen LogP contribution >= 0.6 is 11.3 Å². The molecule has 0 unspecified atom stereocenters. The lowest BCUT2D eigenvalue weighted by Gasteiger charge is -2.32. The van der Waals surface area contributed by atoms with E-state index < -0.39 is 24.1 Å². The van der Waals surface area contributed by atoms with Gasteiger partial charge in [0.05, 0.1) is 30.4 Å². The predicted octanol–water partition coefficient (Wildman–Crippen LogP) is 2.57. The summed E-state index contributed by atoms with van der Waals surface area (Å²) < 4.78 is 6.28. The van der Waals surface area contributed by atoms with Crippen LogP contribution in [0.3, 0.4) is 0 Å². The van der Waals surface area contributed by atoms with Gasteiger partial charge in [-0.25, -0.2) is 14.6 Å². The fourth-order valence-corrected chi connectivity index (χ4v) is 5.64. The van der Waals surface area contributed by atoms with E-state index >= 15 is 0 Å². The van der Waals surface area contributed by atoms with Crippen LogP contribution in [-0.4, -0.2) is 137 Å². The number of aromatic nitrogens is 1. The van der Waals surface area contributed by atoms with E-state index in [1.165, 1.54) is 16.2 Å². The molecular weight excluding hydrogens is 580 g/mol. The van der Waals surface area contributed by atoms with Crippen molar-refractivity contribution >= 4 is 51.3 Å². The lowest BCUT2D eigenvalue weighted by Crippen LogP contribution is -2.50. The van der Waals surface area contributed by atoms with Gasteiger partial charge in [0.2, 0.25) is 0 Å². The molecule has 43 heavy (non-hydrogen) atoms. The van der Waals surface area contributed by atoms with Crippen molar-refractivity contribution in [2.75, 3.05) is 77.9 Å². The molecule has 0 saturated carbocycles. The summed E-state index contributed by atoms with van der Waals surface area (Å²) in [7, 11) is 1.61. The summed E-state index contributed by atoms with van der Waals surface area (Å²) in [5, 5.41) is 32.0. The van der Waals surface area contributed by atoms with E-state index in [0.29, 0.717) is 5.69 Å². The fourth-order valence-electron chi connectivity index (χ4n) is 4.64. The van der Waals surface area contributed by atoms with Crippen LogP contribution in [0.15, 0.2) is 42.5 Å². The summed E-state index contributed by atoms with van der Waals surface area (Å²) in [5.41, 5.74) is 2.27. The minimum absolute atomic E-state index is 0.00389. The van der Waals surface area contributed by atoms with Crippen LogP contribution in [0.5, 0.6) is 5.75 Å². The summed E-state index contributed by atoms with van der Waals surface area (Å²) in [6.45, 7) is 0.489. The summed E-state index contributed by atoms with van der Waals surface area (Å²) in [6.07, 6.45) is -1.18. The van der Waals surface area contributed by atoms with Crippen LogP contribution in [0, 0.1) is 0 Å². The molecular formula is C28H34N6O8S. The number of aliphatic carboxylic acids is 2. The quantitative estimate of drug-likeness (QED) is 0.308. The minimum atomic E-state index is -1.18. The van der Waals surface area contributed by atoms with Crippen molar-refractivity contribution in [2.45, 2.75) is 0 Å². The molecule has 14 nitrogen and oxygen atoms in total. The average molecular weight is 615 g/mol. The molecule has 4 N–H and O–H groups in total. The highest BCUT2D eigenvalue weighted by Gasteiger charge is 2.23. The molecule has 2 heterocycles. The number of hydrogen-bond acceptors (Lipinski definition) is 9. The highest BCUT2D eigenvalue weighted by Crippen LogP contribution is 2.32. The number of nitrogens with one attached hydrogen (secondary N) is 1. The smallest absolute Gasteiger partial charge is 0.407 e. The maximum atomic E-state index is 13.3. The lowest BCUT2D eigenvalue weighted by atomic mass is 10.2. The van der Waals surface area contributed by atoms with Crippen molar-refractivity contribution in [1.29, 1.82) is 0 Å². The summed E-state index contributed by atoms with van der Waals surface area (Å²) in [6, 6.07) is 12.4. The molecule has 0 radical (unpaired) electrons. The van der Waals surface area contributed by atoms with Gasteiger partial charge < -0.3 is 35.2 Å². The van der Waals surface area contributed by atoms with Gasteiger partial charge in [-0.1, -0.05) is 0 Å². The Bertz CT molecular complexity index is 1450. The van der Waals surface area contributed by atoms with E-state index in [0.717, 1.165) is 31.4 Å². The second-order valence-electron chi connectivity index (χ2n) is 9.96. The van der Waals surface area contributed by atoms with E-state index in [4.69, 9.17) is 4.74 Å². The van der Waals surface area contributed by atoms with E-state index in [9.17, 15) is 34.5 Å². The van der Waals surface area contributed by atoms with Gasteiger partial charge in [-0.15, -0.1) is 11.3 Å². The number of thiazole rings is 1. The van der Waals surface area contributed by atoms with Gasteiger partial charge in [0.25, 0.3) is 0 Å². The van der Waals surface area contributed by atoms with Gasteiger partial charge in [-0.2, -0.15) is 0 Å². The Labute approximate surface area is 251 Å². The normalized spacial score (nSPS) is 15.8. The summed E-state index contributed by atoms with van der Waals surface area (Å²) in [5.74, 6) is -1.35. The summed E-state index contributed by atoms with van der Waals surface area (Å²) in [4.78, 5) is 58.4. The predicted molar refractivity (Wildman–Crippen MR) is 160 cm³/mol. The molecule has 230 valence electrons. The molecule has 4 rings (SSSR count). The fraction of sp³-hybridized carbons (Fsp3) is 0.393. The zero-order valence-corrected chi connectivity index (χ0v) is 24.5. The molecule has 1 saturated heterocycles. The molecule has 0 spiro atoms. The van der Waals surface area contributed by atoms with E-state index in [2.05, 4.69) is 10.3 Å². The summed E-state index contributed by atoms with van der Waals surface area (Å²) >= 11 is 1.53. The van der Waals surface area contributed by atoms with Gasteiger partial charge in [-0.3, -0.25) is 19.4 Å². The van der Waals surface area contributed by atoms with E-state index in [-0.39, 0.29) is 65.4 Å². The molecule has 3 amide bonds. The Hall–Kier alpha value is -4.47. The number of ether oxygens (including phenoxy) is 1. The lowest BCUT2D eigenvalue weighted by molar-refractivity contribution is -0.140. The molecule has 1 aliphatic rings. The van der Waals surface area contributed by atoms with Gasteiger partial charge in [0.15, 0.2) is 0 Å². The SMILES string of the molecule is COc1ccc2nc(-c3ccc(NC(=O)N4CCN(CC(=O)O)CCN(CC(=O)O)CCN(C(=O)O)CC4)cc3)sc2c1. The Balaban J connectivity index is 1.46. The number of carbonyl (C=O) groups excluding carboxylic acids is 1. The molecule has 1 fully saturated rings. The Morgan fingerprint density at radius 2 is 1.37 bits per heavy atom. The number of benzene rings is 2.